The van der Waals surface area contributed by atoms with Gasteiger partial charge in [0.25, 0.3) is 0 Å². The zero-order chi connectivity index (χ0) is 20.0. The molecule has 2 amide bonds. The van der Waals surface area contributed by atoms with E-state index in [0.717, 1.165) is 25.0 Å². The van der Waals surface area contributed by atoms with Crippen molar-refractivity contribution in [3.8, 4) is 0 Å². The van der Waals surface area contributed by atoms with Crippen molar-refractivity contribution < 1.29 is 27.2 Å². The van der Waals surface area contributed by atoms with Crippen LogP contribution in [0.15, 0.2) is 18.2 Å². The molecule has 2 fully saturated rings. The van der Waals surface area contributed by atoms with Gasteiger partial charge in [-0.15, -0.1) is 0 Å². The average Bonchev–Trinajstić information content (AvgIpc) is 3.37. The zero-order valence-electron chi connectivity index (χ0n) is 14.9. The van der Waals surface area contributed by atoms with Crippen molar-refractivity contribution in [2.24, 2.45) is 5.92 Å². The fourth-order valence-corrected chi connectivity index (χ4v) is 3.19. The fourth-order valence-electron chi connectivity index (χ4n) is 3.19. The molecule has 27 heavy (non-hydrogen) atoms. The first kappa shape index (κ1) is 19.6. The van der Waals surface area contributed by atoms with Crippen molar-refractivity contribution in [2.75, 3.05) is 0 Å². The highest BCUT2D eigenvalue weighted by molar-refractivity contribution is 5.90. The molecular weight excluding hydrogens is 366 g/mol. The molecule has 5 nitrogen and oxygen atoms in total. The van der Waals surface area contributed by atoms with Gasteiger partial charge in [-0.2, -0.15) is 13.2 Å². The third-order valence-electron chi connectivity index (χ3n) is 4.93. The number of benzene rings is 1. The van der Waals surface area contributed by atoms with Gasteiger partial charge in [-0.05, 0) is 50.3 Å². The van der Waals surface area contributed by atoms with Crippen molar-refractivity contribution in [3.63, 3.8) is 0 Å². The minimum absolute atomic E-state index is 0.0352. The zero-order valence-corrected chi connectivity index (χ0v) is 14.9. The summed E-state index contributed by atoms with van der Waals surface area (Å²) in [6.07, 6.45) is -3.13. The summed E-state index contributed by atoms with van der Waals surface area (Å²) >= 11 is 0. The molecule has 0 bridgehead atoms. The van der Waals surface area contributed by atoms with Crippen molar-refractivity contribution in [3.05, 3.63) is 35.1 Å². The molecule has 1 saturated heterocycles. The number of rotatable bonds is 4. The maximum Gasteiger partial charge on any atom is 0.419 e. The lowest BCUT2D eigenvalue weighted by Crippen LogP contribution is -2.62. The van der Waals surface area contributed by atoms with E-state index in [1.54, 1.807) is 13.8 Å². The van der Waals surface area contributed by atoms with Gasteiger partial charge in [0.2, 0.25) is 11.8 Å². The molecule has 2 unspecified atom stereocenters. The van der Waals surface area contributed by atoms with Crippen molar-refractivity contribution in [1.29, 1.82) is 0 Å². The molecule has 1 saturated carbocycles. The Kier molecular flexibility index (Phi) is 4.92. The van der Waals surface area contributed by atoms with E-state index in [1.807, 2.05) is 0 Å². The number of carbonyl (C=O) groups is 2. The molecule has 2 atom stereocenters. The number of hydrogen-bond donors (Lipinski definition) is 3. The van der Waals surface area contributed by atoms with Crippen LogP contribution in [0, 0.1) is 11.7 Å². The maximum atomic E-state index is 13.9. The highest BCUT2D eigenvalue weighted by atomic mass is 19.4. The lowest BCUT2D eigenvalue weighted by atomic mass is 9.92. The molecule has 3 rings (SSSR count). The van der Waals surface area contributed by atoms with E-state index < -0.39 is 35.0 Å². The summed E-state index contributed by atoms with van der Waals surface area (Å²) in [5, 5.41) is 8.59. The summed E-state index contributed by atoms with van der Waals surface area (Å²) in [6, 6.07) is 1.83. The Labute approximate surface area is 153 Å². The van der Waals surface area contributed by atoms with Crippen LogP contribution in [0.4, 0.5) is 17.6 Å². The molecule has 1 aromatic carbocycles. The van der Waals surface area contributed by atoms with Crippen LogP contribution in [0.25, 0.3) is 0 Å². The Hall–Kier alpha value is -2.16. The van der Waals surface area contributed by atoms with Crippen LogP contribution >= 0.6 is 0 Å². The van der Waals surface area contributed by atoms with E-state index in [4.69, 9.17) is 0 Å². The Morgan fingerprint density at radius 1 is 1.22 bits per heavy atom. The lowest BCUT2D eigenvalue weighted by molar-refractivity contribution is -0.140. The van der Waals surface area contributed by atoms with Crippen LogP contribution < -0.4 is 16.0 Å². The van der Waals surface area contributed by atoms with Crippen molar-refractivity contribution >= 4 is 11.8 Å². The second kappa shape index (κ2) is 6.78. The van der Waals surface area contributed by atoms with E-state index in [9.17, 15) is 27.2 Å². The van der Waals surface area contributed by atoms with Crippen molar-refractivity contribution in [1.82, 2.24) is 16.0 Å². The number of hydrogen-bond acceptors (Lipinski definition) is 3. The first-order chi connectivity index (χ1) is 12.5. The summed E-state index contributed by atoms with van der Waals surface area (Å²) in [5.74, 6) is -1.78. The second-order valence-electron chi connectivity index (χ2n) is 7.61. The summed E-state index contributed by atoms with van der Waals surface area (Å²) in [5.41, 5.74) is -2.28. The van der Waals surface area contributed by atoms with Gasteiger partial charge in [0.1, 0.15) is 5.82 Å². The number of amides is 2. The highest BCUT2D eigenvalue weighted by Gasteiger charge is 2.40. The van der Waals surface area contributed by atoms with Gasteiger partial charge in [-0.3, -0.25) is 14.9 Å². The molecule has 1 aliphatic carbocycles. The Morgan fingerprint density at radius 2 is 1.89 bits per heavy atom. The molecule has 2 aliphatic rings. The topological polar surface area (TPSA) is 70.2 Å². The number of carbonyl (C=O) groups excluding carboxylic acids is 2. The molecule has 0 radical (unpaired) electrons. The Morgan fingerprint density at radius 3 is 2.44 bits per heavy atom. The monoisotopic (exact) mass is 387 g/mol. The van der Waals surface area contributed by atoms with E-state index in [-0.39, 0.29) is 24.1 Å². The van der Waals surface area contributed by atoms with E-state index in [1.165, 1.54) is 0 Å². The van der Waals surface area contributed by atoms with Crippen LogP contribution in [0.5, 0.6) is 0 Å². The normalized spacial score (nSPS) is 23.7. The number of alkyl halides is 3. The van der Waals surface area contributed by atoms with Gasteiger partial charge in [-0.25, -0.2) is 4.39 Å². The largest absolute Gasteiger partial charge is 0.419 e. The van der Waals surface area contributed by atoms with E-state index in [2.05, 4.69) is 16.0 Å². The van der Waals surface area contributed by atoms with Gasteiger partial charge in [0.15, 0.2) is 0 Å². The first-order valence-electron chi connectivity index (χ1n) is 8.72. The van der Waals surface area contributed by atoms with E-state index >= 15 is 0 Å². The van der Waals surface area contributed by atoms with Gasteiger partial charge in [0.05, 0.1) is 29.7 Å². The molecule has 9 heteroatoms. The molecule has 3 N–H and O–H groups in total. The van der Waals surface area contributed by atoms with Gasteiger partial charge < -0.3 is 10.6 Å². The van der Waals surface area contributed by atoms with Gasteiger partial charge >= 0.3 is 6.18 Å². The fraction of sp³-hybridized carbons (Fsp3) is 0.556. The molecule has 1 aliphatic heterocycles. The third-order valence-corrected chi connectivity index (χ3v) is 4.93. The smallest absolute Gasteiger partial charge is 0.346 e. The van der Waals surface area contributed by atoms with Crippen LogP contribution in [0.3, 0.4) is 0 Å². The van der Waals surface area contributed by atoms with Gasteiger partial charge in [0, 0.05) is 0 Å². The predicted octanol–water partition coefficient (Wildman–Crippen LogP) is 2.41. The molecule has 0 spiro atoms. The summed E-state index contributed by atoms with van der Waals surface area (Å²) in [4.78, 5) is 24.4. The standard InChI is InChI=1S/C18H21F4N3O2/c1-17(2,10-5-6-11(12(19)7-10)18(20,21)22)25-16(27)13-8-14(26)24-15(23-13)9-3-4-9/h5-7,9,13,15,23H,3-4,8H2,1-2H3,(H,24,26)(H,25,27). The predicted molar refractivity (Wildman–Crippen MR) is 88.8 cm³/mol. The summed E-state index contributed by atoms with van der Waals surface area (Å²) in [7, 11) is 0. The van der Waals surface area contributed by atoms with Crippen LogP contribution in [0.1, 0.15) is 44.2 Å². The van der Waals surface area contributed by atoms with Crippen molar-refractivity contribution in [2.45, 2.75) is 57.0 Å². The van der Waals surface area contributed by atoms with E-state index in [0.29, 0.717) is 12.0 Å². The van der Waals surface area contributed by atoms with Crippen LogP contribution in [0.2, 0.25) is 0 Å². The molecule has 1 heterocycles. The minimum Gasteiger partial charge on any atom is -0.346 e. The maximum absolute atomic E-state index is 13.9. The lowest BCUT2D eigenvalue weighted by Gasteiger charge is -2.34. The van der Waals surface area contributed by atoms with Crippen LogP contribution in [-0.4, -0.2) is 24.0 Å². The summed E-state index contributed by atoms with van der Waals surface area (Å²) in [6.45, 7) is 3.13. The second-order valence-corrected chi connectivity index (χ2v) is 7.61. The SMILES string of the molecule is CC(C)(NC(=O)C1CC(=O)NC(C2CC2)N1)c1ccc(C(F)(F)F)c(F)c1. The average molecular weight is 387 g/mol. The summed E-state index contributed by atoms with van der Waals surface area (Å²) < 4.78 is 52.0. The third kappa shape index (κ3) is 4.40. The molecule has 148 valence electrons. The highest BCUT2D eigenvalue weighted by Crippen LogP contribution is 2.34. The molecular formula is C18H21F4N3O2. The number of halogens is 4. The Balaban J connectivity index is 1.72. The van der Waals surface area contributed by atoms with Crippen LogP contribution in [-0.2, 0) is 21.3 Å². The Bertz CT molecular complexity index is 759. The quantitative estimate of drug-likeness (QED) is 0.695. The molecule has 0 aromatic heterocycles. The number of nitrogens with one attached hydrogen (secondary N) is 3. The van der Waals surface area contributed by atoms with Gasteiger partial charge in [-0.1, -0.05) is 6.07 Å². The minimum atomic E-state index is -4.78. The molecule has 1 aromatic rings. The first-order valence-corrected chi connectivity index (χ1v) is 8.72.